The quantitative estimate of drug-likeness (QED) is 0.179. The van der Waals surface area contributed by atoms with Gasteiger partial charge in [-0.25, -0.2) is 8.78 Å². The van der Waals surface area contributed by atoms with Gasteiger partial charge in [0.1, 0.15) is 18.2 Å². The van der Waals surface area contributed by atoms with Gasteiger partial charge in [-0.15, -0.1) is 6.58 Å². The van der Waals surface area contributed by atoms with E-state index >= 15 is 0 Å². The Bertz CT molecular complexity index is 1310. The van der Waals surface area contributed by atoms with Crippen molar-refractivity contribution < 1.29 is 22.6 Å². The van der Waals surface area contributed by atoms with E-state index in [1.807, 2.05) is 19.1 Å². The number of benzene rings is 4. The van der Waals surface area contributed by atoms with Crippen molar-refractivity contribution >= 4 is 0 Å². The molecule has 2 nitrogen and oxygen atoms in total. The lowest BCUT2D eigenvalue weighted by molar-refractivity contribution is 0.285. The molecule has 0 aromatic heterocycles. The molecule has 0 heterocycles. The second-order valence-electron chi connectivity index (χ2n) is 8.16. The second-order valence-corrected chi connectivity index (χ2v) is 8.16. The van der Waals surface area contributed by atoms with Gasteiger partial charge in [0.15, 0.2) is 11.6 Å². The van der Waals surface area contributed by atoms with E-state index in [9.17, 15) is 13.2 Å². The van der Waals surface area contributed by atoms with Crippen molar-refractivity contribution in [3.05, 3.63) is 120 Å². The fourth-order valence-corrected chi connectivity index (χ4v) is 3.62. The van der Waals surface area contributed by atoms with Crippen LogP contribution >= 0.6 is 0 Å². The van der Waals surface area contributed by atoms with Crippen LogP contribution in [-0.2, 0) is 6.61 Å². The third kappa shape index (κ3) is 5.75. The Kier molecular flexibility index (Phi) is 7.56. The molecule has 0 bridgehead atoms. The molecule has 4 aromatic carbocycles. The normalized spacial score (nSPS) is 10.7. The molecule has 0 N–H and O–H groups in total. The molecule has 0 amide bonds. The van der Waals surface area contributed by atoms with Gasteiger partial charge >= 0.3 is 0 Å². The topological polar surface area (TPSA) is 18.5 Å². The van der Waals surface area contributed by atoms with Crippen LogP contribution in [-0.4, -0.2) is 6.61 Å². The van der Waals surface area contributed by atoms with Crippen LogP contribution in [0.2, 0.25) is 0 Å². The molecule has 0 fully saturated rings. The Balaban J connectivity index is 1.43. The van der Waals surface area contributed by atoms with E-state index in [-0.39, 0.29) is 17.9 Å². The summed E-state index contributed by atoms with van der Waals surface area (Å²) in [6.07, 6.45) is 2.42. The fourth-order valence-electron chi connectivity index (χ4n) is 3.62. The van der Waals surface area contributed by atoms with Crippen LogP contribution in [0.4, 0.5) is 13.2 Å². The smallest absolute Gasteiger partial charge is 0.201 e. The monoisotopic (exact) mass is 474 g/mol. The van der Waals surface area contributed by atoms with Gasteiger partial charge in [-0.05, 0) is 54.3 Å². The van der Waals surface area contributed by atoms with Gasteiger partial charge in [-0.3, -0.25) is 0 Å². The maximum absolute atomic E-state index is 14.7. The van der Waals surface area contributed by atoms with Crippen molar-refractivity contribution in [3.63, 3.8) is 0 Å². The second kappa shape index (κ2) is 11.0. The van der Waals surface area contributed by atoms with Crippen LogP contribution in [0.3, 0.4) is 0 Å². The largest absolute Gasteiger partial charge is 0.493 e. The number of rotatable bonds is 9. The van der Waals surface area contributed by atoms with Crippen LogP contribution < -0.4 is 9.47 Å². The zero-order chi connectivity index (χ0) is 24.8. The summed E-state index contributed by atoms with van der Waals surface area (Å²) in [5.74, 6) is -2.08. The van der Waals surface area contributed by atoms with Crippen LogP contribution in [0.15, 0.2) is 91.5 Å². The first-order valence-electron chi connectivity index (χ1n) is 11.3. The summed E-state index contributed by atoms with van der Waals surface area (Å²) in [5.41, 5.74) is 3.67. The number of aryl methyl sites for hydroxylation is 1. The van der Waals surface area contributed by atoms with Gasteiger partial charge in [0, 0.05) is 17.2 Å². The molecular weight excluding hydrogens is 449 g/mol. The number of hydrogen-bond acceptors (Lipinski definition) is 2. The summed E-state index contributed by atoms with van der Waals surface area (Å²) in [7, 11) is 0. The standard InChI is InChI=1S/C30H25F3O2/c1-3-4-17-34-24-13-14-25(27(31)18-24)22-11-7-21(8-12-22)19-35-28-16-15-26(29(32)30(28)33)23-9-5-20(2)6-10-23/h3,5-16,18H,1,4,17,19H2,2H3. The van der Waals surface area contributed by atoms with Crippen molar-refractivity contribution in [2.75, 3.05) is 6.61 Å². The van der Waals surface area contributed by atoms with E-state index in [0.717, 1.165) is 11.1 Å². The highest BCUT2D eigenvalue weighted by molar-refractivity contribution is 5.66. The molecule has 0 radical (unpaired) electrons. The van der Waals surface area contributed by atoms with Crippen molar-refractivity contribution in [1.29, 1.82) is 0 Å². The Morgan fingerprint density at radius 2 is 1.40 bits per heavy atom. The molecule has 35 heavy (non-hydrogen) atoms. The Labute approximate surface area is 203 Å². The van der Waals surface area contributed by atoms with Crippen molar-refractivity contribution in [3.8, 4) is 33.8 Å². The summed E-state index contributed by atoms with van der Waals surface area (Å²) in [4.78, 5) is 0. The van der Waals surface area contributed by atoms with E-state index in [1.54, 1.807) is 54.6 Å². The summed E-state index contributed by atoms with van der Waals surface area (Å²) < 4.78 is 54.9. The van der Waals surface area contributed by atoms with Crippen LogP contribution in [0.25, 0.3) is 22.3 Å². The lowest BCUT2D eigenvalue weighted by Crippen LogP contribution is -2.00. The molecule has 0 atom stereocenters. The van der Waals surface area contributed by atoms with Gasteiger partial charge in [0.25, 0.3) is 0 Å². The minimum Gasteiger partial charge on any atom is -0.493 e. The number of halogens is 3. The third-order valence-electron chi connectivity index (χ3n) is 5.60. The molecule has 0 aliphatic rings. The maximum Gasteiger partial charge on any atom is 0.201 e. The zero-order valence-electron chi connectivity index (χ0n) is 19.4. The Morgan fingerprint density at radius 3 is 2.09 bits per heavy atom. The van der Waals surface area contributed by atoms with Crippen LogP contribution in [0.5, 0.6) is 11.5 Å². The molecule has 0 unspecified atom stereocenters. The van der Waals surface area contributed by atoms with E-state index < -0.39 is 17.5 Å². The first kappa shape index (κ1) is 24.1. The molecular formula is C30H25F3O2. The minimum atomic E-state index is -1.03. The first-order chi connectivity index (χ1) is 17.0. The van der Waals surface area contributed by atoms with Crippen LogP contribution in [0.1, 0.15) is 17.5 Å². The average Bonchev–Trinajstić information content (AvgIpc) is 2.86. The minimum absolute atomic E-state index is 0.0408. The molecule has 0 saturated heterocycles. The average molecular weight is 475 g/mol. The Morgan fingerprint density at radius 1 is 0.743 bits per heavy atom. The number of ether oxygens (including phenoxy) is 2. The molecule has 0 aliphatic carbocycles. The predicted octanol–water partition coefficient (Wildman–Crippen LogP) is 8.28. The van der Waals surface area contributed by atoms with Crippen molar-refractivity contribution in [2.24, 2.45) is 0 Å². The zero-order valence-corrected chi connectivity index (χ0v) is 19.4. The van der Waals surface area contributed by atoms with Gasteiger partial charge in [0.05, 0.1) is 6.61 Å². The van der Waals surface area contributed by atoms with Gasteiger partial charge < -0.3 is 9.47 Å². The van der Waals surface area contributed by atoms with Crippen molar-refractivity contribution in [2.45, 2.75) is 20.0 Å². The van der Waals surface area contributed by atoms with Gasteiger partial charge in [-0.2, -0.15) is 4.39 Å². The van der Waals surface area contributed by atoms with Gasteiger partial charge in [-0.1, -0.05) is 60.2 Å². The third-order valence-corrected chi connectivity index (χ3v) is 5.60. The SMILES string of the molecule is C=CCCOc1ccc(-c2ccc(COc3ccc(-c4ccc(C)cc4)c(F)c3F)cc2)c(F)c1. The lowest BCUT2D eigenvalue weighted by Gasteiger charge is -2.12. The van der Waals surface area contributed by atoms with E-state index in [0.29, 0.717) is 35.5 Å². The summed E-state index contributed by atoms with van der Waals surface area (Å²) in [6, 6.07) is 21.9. The van der Waals surface area contributed by atoms with E-state index in [1.165, 1.54) is 18.2 Å². The molecule has 4 aromatic rings. The highest BCUT2D eigenvalue weighted by atomic mass is 19.2. The Hall–Kier alpha value is -3.99. The van der Waals surface area contributed by atoms with Crippen LogP contribution in [0, 0.1) is 24.4 Å². The summed E-state index contributed by atoms with van der Waals surface area (Å²) >= 11 is 0. The maximum atomic E-state index is 14.7. The highest BCUT2D eigenvalue weighted by Gasteiger charge is 2.16. The van der Waals surface area contributed by atoms with E-state index in [2.05, 4.69) is 6.58 Å². The van der Waals surface area contributed by atoms with E-state index in [4.69, 9.17) is 9.47 Å². The molecule has 178 valence electrons. The first-order valence-corrected chi connectivity index (χ1v) is 11.3. The molecule has 5 heteroatoms. The molecule has 4 rings (SSSR count). The van der Waals surface area contributed by atoms with Crippen molar-refractivity contribution in [1.82, 2.24) is 0 Å². The lowest BCUT2D eigenvalue weighted by atomic mass is 10.0. The highest BCUT2D eigenvalue weighted by Crippen LogP contribution is 2.31. The molecule has 0 aliphatic heterocycles. The summed E-state index contributed by atoms with van der Waals surface area (Å²) in [5, 5.41) is 0. The predicted molar refractivity (Wildman–Crippen MR) is 133 cm³/mol. The number of hydrogen-bond donors (Lipinski definition) is 0. The molecule has 0 saturated carbocycles. The fraction of sp³-hybridized carbons (Fsp3) is 0.133. The summed E-state index contributed by atoms with van der Waals surface area (Å²) in [6.45, 7) is 6.04. The molecule has 0 spiro atoms. The van der Waals surface area contributed by atoms with Gasteiger partial charge in [0.2, 0.25) is 5.82 Å².